The van der Waals surface area contributed by atoms with E-state index in [1.807, 2.05) is 24.3 Å². The van der Waals surface area contributed by atoms with Crippen molar-refractivity contribution in [1.82, 2.24) is 9.55 Å². The van der Waals surface area contributed by atoms with Gasteiger partial charge >= 0.3 is 5.82 Å². The van der Waals surface area contributed by atoms with Gasteiger partial charge in [0, 0.05) is 6.08 Å². The minimum absolute atomic E-state index is 0.105. The van der Waals surface area contributed by atoms with Crippen molar-refractivity contribution in [3.8, 4) is 5.75 Å². The van der Waals surface area contributed by atoms with Crippen LogP contribution in [0.5, 0.6) is 5.75 Å². The smallest absolute Gasteiger partial charge is 0.343 e. The standard InChI is InChI=1S/C15H17N3O4/c1-11(19)10-17-14(16-9-15(17)18(20)21)7-6-12-4-3-5-13(8-12)22-2/h3-9,11,19H,10H2,1-2H3/b7-6+. The molecule has 7 heteroatoms. The summed E-state index contributed by atoms with van der Waals surface area (Å²) in [5, 5.41) is 20.5. The van der Waals surface area contributed by atoms with Gasteiger partial charge in [-0.2, -0.15) is 0 Å². The van der Waals surface area contributed by atoms with Crippen molar-refractivity contribution in [2.45, 2.75) is 19.6 Å². The van der Waals surface area contributed by atoms with Gasteiger partial charge in [0.05, 0.1) is 13.2 Å². The van der Waals surface area contributed by atoms with E-state index in [1.54, 1.807) is 26.2 Å². The Bertz CT molecular complexity index is 692. The van der Waals surface area contributed by atoms with Gasteiger partial charge in [-0.05, 0) is 35.6 Å². The summed E-state index contributed by atoms with van der Waals surface area (Å²) in [6, 6.07) is 7.40. The molecule has 22 heavy (non-hydrogen) atoms. The topological polar surface area (TPSA) is 90.4 Å². The fourth-order valence-electron chi connectivity index (χ4n) is 2.03. The molecule has 0 saturated heterocycles. The molecule has 1 unspecified atom stereocenters. The van der Waals surface area contributed by atoms with E-state index >= 15 is 0 Å². The van der Waals surface area contributed by atoms with Crippen molar-refractivity contribution in [3.63, 3.8) is 0 Å². The van der Waals surface area contributed by atoms with Gasteiger partial charge < -0.3 is 20.0 Å². The van der Waals surface area contributed by atoms with Crippen LogP contribution < -0.4 is 4.74 Å². The zero-order valence-corrected chi connectivity index (χ0v) is 12.3. The number of rotatable bonds is 6. The van der Waals surface area contributed by atoms with Crippen LogP contribution in [-0.2, 0) is 6.54 Å². The second-order valence-electron chi connectivity index (χ2n) is 4.80. The zero-order chi connectivity index (χ0) is 16.1. The van der Waals surface area contributed by atoms with E-state index in [9.17, 15) is 15.2 Å². The number of nitrogens with zero attached hydrogens (tertiary/aromatic N) is 3. The summed E-state index contributed by atoms with van der Waals surface area (Å²) in [6.45, 7) is 1.67. The fraction of sp³-hybridized carbons (Fsp3) is 0.267. The summed E-state index contributed by atoms with van der Waals surface area (Å²) in [7, 11) is 1.58. The van der Waals surface area contributed by atoms with E-state index in [4.69, 9.17) is 4.74 Å². The van der Waals surface area contributed by atoms with Crippen molar-refractivity contribution in [3.05, 3.63) is 52.0 Å². The highest BCUT2D eigenvalue weighted by Gasteiger charge is 2.19. The number of ether oxygens (including phenoxy) is 1. The predicted molar refractivity (Wildman–Crippen MR) is 82.5 cm³/mol. The summed E-state index contributed by atoms with van der Waals surface area (Å²) >= 11 is 0. The van der Waals surface area contributed by atoms with Gasteiger partial charge in [0.25, 0.3) is 0 Å². The van der Waals surface area contributed by atoms with Crippen LogP contribution in [-0.4, -0.2) is 32.8 Å². The van der Waals surface area contributed by atoms with Gasteiger partial charge in [-0.25, -0.2) is 9.55 Å². The van der Waals surface area contributed by atoms with Crippen molar-refractivity contribution in [2.75, 3.05) is 7.11 Å². The first-order valence-electron chi connectivity index (χ1n) is 6.71. The summed E-state index contributed by atoms with van der Waals surface area (Å²) in [4.78, 5) is 14.5. The molecule has 0 radical (unpaired) electrons. The molecule has 0 aliphatic rings. The van der Waals surface area contributed by atoms with E-state index in [2.05, 4.69) is 4.98 Å². The molecule has 116 valence electrons. The third-order valence-corrected chi connectivity index (χ3v) is 3.02. The van der Waals surface area contributed by atoms with Crippen LogP contribution in [0.1, 0.15) is 18.3 Å². The number of hydrogen-bond donors (Lipinski definition) is 1. The van der Waals surface area contributed by atoms with E-state index in [-0.39, 0.29) is 12.4 Å². The third-order valence-electron chi connectivity index (χ3n) is 3.02. The van der Waals surface area contributed by atoms with Crippen LogP contribution in [0.4, 0.5) is 5.82 Å². The molecule has 0 bridgehead atoms. The Labute approximate surface area is 127 Å². The summed E-state index contributed by atoms with van der Waals surface area (Å²) in [6.07, 6.45) is 3.93. The average molecular weight is 303 g/mol. The summed E-state index contributed by atoms with van der Waals surface area (Å²) < 4.78 is 6.52. The first-order chi connectivity index (χ1) is 10.5. The highest BCUT2D eigenvalue weighted by Crippen LogP contribution is 2.18. The number of aliphatic hydroxyl groups is 1. The van der Waals surface area contributed by atoms with Crippen LogP contribution in [0.3, 0.4) is 0 Å². The lowest BCUT2D eigenvalue weighted by Gasteiger charge is -2.05. The van der Waals surface area contributed by atoms with Crippen LogP contribution in [0.15, 0.2) is 30.5 Å². The largest absolute Gasteiger partial charge is 0.497 e. The molecule has 1 atom stereocenters. The van der Waals surface area contributed by atoms with Gasteiger partial charge in [0.2, 0.25) is 5.82 Å². The molecule has 1 aromatic heterocycles. The molecule has 2 aromatic rings. The molecular formula is C15H17N3O4. The molecule has 0 amide bonds. The Morgan fingerprint density at radius 2 is 2.27 bits per heavy atom. The Morgan fingerprint density at radius 3 is 2.91 bits per heavy atom. The maximum atomic E-state index is 11.0. The molecule has 0 aliphatic carbocycles. The second kappa shape index (κ2) is 6.86. The third kappa shape index (κ3) is 3.70. The first-order valence-corrected chi connectivity index (χ1v) is 6.71. The summed E-state index contributed by atoms with van der Waals surface area (Å²) in [5.41, 5.74) is 0.883. The monoisotopic (exact) mass is 303 g/mol. The predicted octanol–water partition coefficient (Wildman–Crippen LogP) is 2.35. The van der Waals surface area contributed by atoms with Crippen molar-refractivity contribution in [1.29, 1.82) is 0 Å². The van der Waals surface area contributed by atoms with Gasteiger partial charge in [-0.3, -0.25) is 0 Å². The van der Waals surface area contributed by atoms with E-state index in [0.29, 0.717) is 5.82 Å². The molecule has 1 heterocycles. The Kier molecular flexibility index (Phi) is 4.90. The Hall–Kier alpha value is -2.67. The van der Waals surface area contributed by atoms with Crippen LogP contribution in [0.2, 0.25) is 0 Å². The molecule has 0 saturated carbocycles. The average Bonchev–Trinajstić information content (AvgIpc) is 2.87. The van der Waals surface area contributed by atoms with E-state index in [1.165, 1.54) is 10.8 Å². The van der Waals surface area contributed by atoms with Crippen molar-refractivity contribution < 1.29 is 14.8 Å². The van der Waals surface area contributed by atoms with Crippen LogP contribution in [0.25, 0.3) is 12.2 Å². The van der Waals surface area contributed by atoms with Crippen LogP contribution in [0, 0.1) is 10.1 Å². The number of hydrogen-bond acceptors (Lipinski definition) is 5. The quantitative estimate of drug-likeness (QED) is 0.653. The molecule has 0 aliphatic heterocycles. The highest BCUT2D eigenvalue weighted by molar-refractivity contribution is 5.68. The minimum atomic E-state index is -0.711. The molecule has 0 fully saturated rings. The number of methoxy groups -OCH3 is 1. The summed E-state index contributed by atoms with van der Waals surface area (Å²) in [5.74, 6) is 0.988. The number of nitro groups is 1. The van der Waals surface area contributed by atoms with Gasteiger partial charge in [-0.1, -0.05) is 12.1 Å². The molecular weight excluding hydrogens is 286 g/mol. The minimum Gasteiger partial charge on any atom is -0.497 e. The first kappa shape index (κ1) is 15.7. The molecule has 0 spiro atoms. The second-order valence-corrected chi connectivity index (χ2v) is 4.80. The Balaban J connectivity index is 2.31. The SMILES string of the molecule is COc1cccc(/C=C/c2ncc([N+](=O)[O-])n2CC(C)O)c1. The molecule has 1 aromatic carbocycles. The lowest BCUT2D eigenvalue weighted by molar-refractivity contribution is -0.392. The molecule has 7 nitrogen and oxygen atoms in total. The van der Waals surface area contributed by atoms with E-state index in [0.717, 1.165) is 11.3 Å². The van der Waals surface area contributed by atoms with Gasteiger partial charge in [-0.15, -0.1) is 0 Å². The number of aliphatic hydroxyl groups excluding tert-OH is 1. The lowest BCUT2D eigenvalue weighted by Crippen LogP contribution is -2.14. The van der Waals surface area contributed by atoms with Crippen LogP contribution >= 0.6 is 0 Å². The number of aromatic nitrogens is 2. The van der Waals surface area contributed by atoms with Crippen molar-refractivity contribution >= 4 is 18.0 Å². The lowest BCUT2D eigenvalue weighted by atomic mass is 10.2. The Morgan fingerprint density at radius 1 is 1.50 bits per heavy atom. The zero-order valence-electron chi connectivity index (χ0n) is 12.3. The maximum Gasteiger partial charge on any atom is 0.343 e. The van der Waals surface area contributed by atoms with Gasteiger partial charge in [0.15, 0.2) is 0 Å². The maximum absolute atomic E-state index is 11.0. The normalized spacial score (nSPS) is 12.5. The molecule has 1 N–H and O–H groups in total. The number of benzene rings is 1. The van der Waals surface area contributed by atoms with Gasteiger partial charge in [0.1, 0.15) is 18.5 Å². The van der Waals surface area contributed by atoms with Crippen molar-refractivity contribution in [2.24, 2.45) is 0 Å². The highest BCUT2D eigenvalue weighted by atomic mass is 16.6. The van der Waals surface area contributed by atoms with E-state index < -0.39 is 11.0 Å². The molecule has 2 rings (SSSR count). The number of imidazole rings is 1. The fourth-order valence-corrected chi connectivity index (χ4v) is 2.03.